The molecule has 372 valence electrons. The van der Waals surface area contributed by atoms with Gasteiger partial charge in [-0.1, -0.05) is 94.6 Å². The number of benzene rings is 4. The number of pyridine rings is 1. The number of aliphatic hydroxyl groups is 1. The first-order chi connectivity index (χ1) is 35.1. The molecule has 6 N–H and O–H groups in total. The molecule has 12 rings (SSSR count). The molecular formula is C59H61N3O8S2. The number of aromatic nitrogens is 1. The zero-order valence-electron chi connectivity index (χ0n) is 40.5. The molecule has 13 heteroatoms. The Kier molecular flexibility index (Phi) is 12.8. The van der Waals surface area contributed by atoms with Gasteiger partial charge in [0.2, 0.25) is 0 Å². The quantitative estimate of drug-likeness (QED) is 0.0453. The third-order valence-electron chi connectivity index (χ3n) is 16.7. The molecule has 1 spiro atoms. The molecule has 9 unspecified atom stereocenters. The smallest absolute Gasteiger partial charge is 0.302 e. The van der Waals surface area contributed by atoms with Gasteiger partial charge in [-0.3, -0.25) is 4.79 Å². The molecule has 6 bridgehead atoms. The Morgan fingerprint density at radius 2 is 1.83 bits per heavy atom. The van der Waals surface area contributed by atoms with Crippen molar-refractivity contribution in [3.63, 3.8) is 0 Å². The first-order valence-electron chi connectivity index (χ1n) is 25.7. The van der Waals surface area contributed by atoms with Crippen LogP contribution in [0.15, 0.2) is 78.9 Å². The van der Waals surface area contributed by atoms with Crippen LogP contribution in [-0.2, 0) is 34.2 Å². The molecule has 9 atom stereocenters. The highest BCUT2D eigenvalue weighted by atomic mass is 33.1. The second-order valence-electron chi connectivity index (χ2n) is 21.1. The molecule has 4 aliphatic heterocycles. The highest BCUT2D eigenvalue weighted by Crippen LogP contribution is 2.64. The van der Waals surface area contributed by atoms with E-state index in [0.29, 0.717) is 41.4 Å². The van der Waals surface area contributed by atoms with Crippen molar-refractivity contribution in [3.05, 3.63) is 129 Å². The van der Waals surface area contributed by atoms with E-state index in [1.807, 2.05) is 33.7 Å². The standard InChI is InChI=1S/C59H61N3O8S2/c1-33(64)67-29-46-43-15-16-44-53-38(24-40(65)26-50(53)68-32-63)28-59-22-21-37(27-59)41(14-13-34-7-3-2-4-8-34)42-18-20-52(60)62-47(42)12-6-10-36-25-49(66)56-45(54(36)57(46)70-58(43)55(44)59)17-19-48-51(69-56)31-72-71-30-35-9-5-11-39(23-35)61-48/h2-4,7-8,15-20,24-26,35,37,39,41,46,48,51,57,61,63,65-66H,5,9-11,13-14,21-23,27-32H2,1H3,(H2,60,62). The van der Waals surface area contributed by atoms with Crippen molar-refractivity contribution >= 4 is 39.5 Å². The van der Waals surface area contributed by atoms with Crippen LogP contribution in [0.5, 0.6) is 28.7 Å². The summed E-state index contributed by atoms with van der Waals surface area (Å²) < 4.78 is 26.7. The molecule has 4 aromatic carbocycles. The molecule has 1 aromatic heterocycles. The van der Waals surface area contributed by atoms with Crippen molar-refractivity contribution in [1.29, 1.82) is 0 Å². The van der Waals surface area contributed by atoms with Crippen molar-refractivity contribution in [2.24, 2.45) is 11.8 Å². The number of hydrogen-bond donors (Lipinski definition) is 5. The lowest BCUT2D eigenvalue weighted by molar-refractivity contribution is -0.141. The van der Waals surface area contributed by atoms with E-state index < -0.39 is 30.2 Å². The summed E-state index contributed by atoms with van der Waals surface area (Å²) in [5, 5.41) is 37.7. The summed E-state index contributed by atoms with van der Waals surface area (Å²) in [7, 11) is 3.77. The average Bonchev–Trinajstić information content (AvgIpc) is 3.89. The number of fused-ring (bicyclic) bond motifs is 12. The zero-order chi connectivity index (χ0) is 49.1. The van der Waals surface area contributed by atoms with E-state index in [-0.39, 0.29) is 48.5 Å². The number of nitrogen functional groups attached to an aromatic ring is 1. The van der Waals surface area contributed by atoms with E-state index in [0.717, 1.165) is 112 Å². The Bertz CT molecular complexity index is 3030. The first kappa shape index (κ1) is 47.2. The number of rotatable bonds is 7. The maximum Gasteiger partial charge on any atom is 0.302 e. The fourth-order valence-electron chi connectivity index (χ4n) is 13.6. The number of esters is 1. The molecule has 72 heavy (non-hydrogen) atoms. The molecule has 0 amide bonds. The number of anilines is 1. The van der Waals surface area contributed by atoms with E-state index >= 15 is 0 Å². The number of carbonyl (C=O) groups is 1. The van der Waals surface area contributed by atoms with Gasteiger partial charge in [-0.2, -0.15) is 0 Å². The van der Waals surface area contributed by atoms with Gasteiger partial charge in [0.1, 0.15) is 47.6 Å². The SMILES string of the molecule is CC(=O)OCC1c2ccc3c4c2OC1c1c(cc(O)c2c1C=CC1NC5CCCC(CSSCC1O2)C5)CC#Cc1nc(N)ccc1C(CCc1ccccc1)C1CCC4(Cc2cc(O)cc(OCO)c2-3)C1. The molecular weight excluding hydrogens is 943 g/mol. The maximum absolute atomic E-state index is 12.9. The molecule has 1 saturated heterocycles. The fraction of sp³-hybridized carbons (Fsp3) is 0.424. The highest BCUT2D eigenvalue weighted by molar-refractivity contribution is 8.76. The molecule has 5 aromatic rings. The second-order valence-corrected chi connectivity index (χ2v) is 23.6. The van der Waals surface area contributed by atoms with E-state index in [1.165, 1.54) is 25.3 Å². The summed E-state index contributed by atoms with van der Waals surface area (Å²) in [4.78, 5) is 17.8. The van der Waals surface area contributed by atoms with E-state index in [4.69, 9.17) is 29.7 Å². The van der Waals surface area contributed by atoms with Crippen molar-refractivity contribution < 1.29 is 39.1 Å². The Hall–Kier alpha value is -5.78. The van der Waals surface area contributed by atoms with Gasteiger partial charge in [-0.25, -0.2) is 4.98 Å². The normalized spacial score (nSPS) is 27.5. The third-order valence-corrected chi connectivity index (χ3v) is 19.3. The van der Waals surface area contributed by atoms with Gasteiger partial charge in [-0.15, -0.1) is 0 Å². The predicted molar refractivity (Wildman–Crippen MR) is 283 cm³/mol. The lowest BCUT2D eigenvalue weighted by Gasteiger charge is -2.40. The average molecular weight is 1000 g/mol. The molecule has 7 aliphatic rings. The van der Waals surface area contributed by atoms with Crippen LogP contribution in [0.4, 0.5) is 5.82 Å². The number of nitrogens with two attached hydrogens (primary N) is 1. The van der Waals surface area contributed by atoms with Crippen LogP contribution in [0.25, 0.3) is 17.2 Å². The van der Waals surface area contributed by atoms with E-state index in [1.54, 1.807) is 12.1 Å². The monoisotopic (exact) mass is 1000 g/mol. The van der Waals surface area contributed by atoms with Crippen molar-refractivity contribution in [2.45, 2.75) is 119 Å². The lowest BCUT2D eigenvalue weighted by Crippen LogP contribution is -2.49. The van der Waals surface area contributed by atoms with Gasteiger partial charge >= 0.3 is 5.97 Å². The van der Waals surface area contributed by atoms with Gasteiger partial charge in [0.25, 0.3) is 0 Å². The van der Waals surface area contributed by atoms with E-state index in [9.17, 15) is 20.1 Å². The molecule has 11 nitrogen and oxygen atoms in total. The first-order valence-corrected chi connectivity index (χ1v) is 28.2. The summed E-state index contributed by atoms with van der Waals surface area (Å²) in [5.74, 6) is 11.1. The van der Waals surface area contributed by atoms with Crippen LogP contribution in [0.2, 0.25) is 0 Å². The minimum Gasteiger partial charge on any atom is -0.508 e. The van der Waals surface area contributed by atoms with Crippen LogP contribution in [0.3, 0.4) is 0 Å². The van der Waals surface area contributed by atoms with Crippen molar-refractivity contribution in [3.8, 4) is 51.7 Å². The number of phenolic OH excluding ortho intramolecular Hbond substituents is 2. The third kappa shape index (κ3) is 8.76. The number of phenols is 2. The molecule has 0 radical (unpaired) electrons. The largest absolute Gasteiger partial charge is 0.508 e. The van der Waals surface area contributed by atoms with Crippen LogP contribution in [-0.4, -0.2) is 69.4 Å². The number of carbonyl (C=O) groups excluding carboxylic acids is 1. The zero-order valence-corrected chi connectivity index (χ0v) is 42.2. The van der Waals surface area contributed by atoms with Crippen molar-refractivity contribution in [1.82, 2.24) is 10.3 Å². The number of aromatic hydroxyl groups is 2. The van der Waals surface area contributed by atoms with Gasteiger partial charge in [0.15, 0.2) is 18.3 Å². The Balaban J connectivity index is 1.08. The minimum atomic E-state index is -0.687. The number of aliphatic hydroxyl groups excluding tert-OH is 1. The summed E-state index contributed by atoms with van der Waals surface area (Å²) in [6.45, 7) is 0.930. The highest BCUT2D eigenvalue weighted by Gasteiger charge is 2.52. The number of nitrogens with one attached hydrogen (secondary N) is 1. The van der Waals surface area contributed by atoms with Crippen molar-refractivity contribution in [2.75, 3.05) is 30.6 Å². The summed E-state index contributed by atoms with van der Waals surface area (Å²) >= 11 is 0. The maximum atomic E-state index is 12.9. The fourth-order valence-corrected chi connectivity index (χ4v) is 16.3. The van der Waals surface area contributed by atoms with Gasteiger partial charge in [-0.05, 0) is 127 Å². The topological polar surface area (TPSA) is 166 Å². The Morgan fingerprint density at radius 3 is 2.69 bits per heavy atom. The number of nitrogens with zero attached hydrogens (tertiary/aromatic N) is 1. The molecule has 3 aliphatic carbocycles. The van der Waals surface area contributed by atoms with Gasteiger partial charge in [0.05, 0.1) is 12.0 Å². The Morgan fingerprint density at radius 1 is 0.972 bits per heavy atom. The van der Waals surface area contributed by atoms with E-state index in [2.05, 4.69) is 77.8 Å². The number of hydrogen-bond acceptors (Lipinski definition) is 13. The molecule has 5 heterocycles. The lowest BCUT2D eigenvalue weighted by atomic mass is 9.64. The minimum absolute atomic E-state index is 0.0296. The molecule has 3 fully saturated rings. The number of aryl methyl sites for hydroxylation is 1. The summed E-state index contributed by atoms with van der Waals surface area (Å²) in [6.07, 6.45) is 13.2. The summed E-state index contributed by atoms with van der Waals surface area (Å²) in [5.41, 5.74) is 16.0. The van der Waals surface area contributed by atoms with Gasteiger partial charge in [0, 0.05) is 70.2 Å². The van der Waals surface area contributed by atoms with Crippen LogP contribution < -0.4 is 25.3 Å². The van der Waals surface area contributed by atoms with Crippen LogP contribution >= 0.6 is 21.6 Å². The van der Waals surface area contributed by atoms with Gasteiger partial charge < -0.3 is 45.3 Å². The van der Waals surface area contributed by atoms with Crippen LogP contribution in [0, 0.1) is 23.7 Å². The predicted octanol–water partition coefficient (Wildman–Crippen LogP) is 10.5. The summed E-state index contributed by atoms with van der Waals surface area (Å²) in [6, 6.07) is 24.3. The number of ether oxygens (including phenoxy) is 4. The second kappa shape index (κ2) is 19.6. The Labute approximate surface area is 429 Å². The molecule has 2 saturated carbocycles. The van der Waals surface area contributed by atoms with Crippen LogP contribution in [0.1, 0.15) is 126 Å².